The molecule has 3 aromatic rings. The fourth-order valence-corrected chi connectivity index (χ4v) is 4.98. The lowest BCUT2D eigenvalue weighted by molar-refractivity contribution is 0.153. The molecule has 0 radical (unpaired) electrons. The maximum atomic E-state index is 11.8. The molecule has 4 rings (SSSR count). The number of aromatic nitrogens is 2. The molecule has 1 saturated carbocycles. The molecular weight excluding hydrogens is 410 g/mol. The summed E-state index contributed by atoms with van der Waals surface area (Å²) in [5, 5.41) is 1.03. The van der Waals surface area contributed by atoms with Crippen molar-refractivity contribution in [1.82, 2.24) is 14.5 Å². The number of nitrogens with zero attached hydrogens (tertiary/aromatic N) is 3. The molecule has 1 aliphatic carbocycles. The van der Waals surface area contributed by atoms with Gasteiger partial charge < -0.3 is 14.2 Å². The van der Waals surface area contributed by atoms with Gasteiger partial charge in [-0.3, -0.25) is 9.78 Å². The van der Waals surface area contributed by atoms with Crippen LogP contribution in [0.1, 0.15) is 56.9 Å². The summed E-state index contributed by atoms with van der Waals surface area (Å²) in [4.78, 5) is 18.8. The van der Waals surface area contributed by atoms with Crippen LogP contribution >= 0.6 is 0 Å². The molecule has 176 valence electrons. The van der Waals surface area contributed by atoms with Crippen LogP contribution in [-0.4, -0.2) is 40.2 Å². The number of benzene rings is 1. The summed E-state index contributed by atoms with van der Waals surface area (Å²) in [6.07, 6.45) is 15.2. The van der Waals surface area contributed by atoms with E-state index in [2.05, 4.69) is 16.0 Å². The number of ether oxygens (including phenoxy) is 1. The quantitative estimate of drug-likeness (QED) is 0.371. The van der Waals surface area contributed by atoms with Crippen LogP contribution < -0.4 is 10.3 Å². The first kappa shape index (κ1) is 23.5. The molecule has 0 amide bonds. The first-order valence-electron chi connectivity index (χ1n) is 12.6. The Kier molecular flexibility index (Phi) is 8.53. The van der Waals surface area contributed by atoms with Crippen molar-refractivity contribution in [2.75, 3.05) is 19.7 Å². The molecule has 1 aromatic carbocycles. The molecule has 5 heteroatoms. The monoisotopic (exact) mass is 447 g/mol. The molecule has 33 heavy (non-hydrogen) atoms. The van der Waals surface area contributed by atoms with Gasteiger partial charge in [0.05, 0.1) is 12.1 Å². The van der Waals surface area contributed by atoms with Crippen LogP contribution in [0.15, 0.2) is 59.7 Å². The van der Waals surface area contributed by atoms with Crippen LogP contribution in [0.4, 0.5) is 0 Å². The van der Waals surface area contributed by atoms with E-state index in [9.17, 15) is 4.79 Å². The van der Waals surface area contributed by atoms with Crippen LogP contribution in [0.3, 0.4) is 0 Å². The van der Waals surface area contributed by atoms with E-state index in [1.807, 2.05) is 42.7 Å². The number of unbranched alkanes of at least 4 members (excludes halogenated alkanes) is 2. The van der Waals surface area contributed by atoms with Gasteiger partial charge >= 0.3 is 0 Å². The van der Waals surface area contributed by atoms with Crippen LogP contribution in [0.5, 0.6) is 5.75 Å². The summed E-state index contributed by atoms with van der Waals surface area (Å²) in [7, 11) is 1.80. The molecule has 1 fully saturated rings. The lowest BCUT2D eigenvalue weighted by Crippen LogP contribution is -2.39. The molecule has 0 atom stereocenters. The highest BCUT2D eigenvalue weighted by Crippen LogP contribution is 2.24. The zero-order chi connectivity index (χ0) is 22.9. The molecule has 0 aliphatic heterocycles. The molecule has 2 aromatic heterocycles. The minimum atomic E-state index is 0.0128. The van der Waals surface area contributed by atoms with Gasteiger partial charge in [0.2, 0.25) is 0 Å². The largest absolute Gasteiger partial charge is 0.494 e. The van der Waals surface area contributed by atoms with Gasteiger partial charge in [-0.1, -0.05) is 25.3 Å². The smallest absolute Gasteiger partial charge is 0.250 e. The predicted molar refractivity (Wildman–Crippen MR) is 135 cm³/mol. The lowest BCUT2D eigenvalue weighted by Gasteiger charge is -2.34. The summed E-state index contributed by atoms with van der Waals surface area (Å²) >= 11 is 0. The average molecular weight is 448 g/mol. The standard InChI is InChI=1S/C28H37N3O2/c1-30-27-14-13-26(21-24(27)12-15-28(30)32)33-20-7-3-6-18-31(25-10-4-2-5-11-25)19-16-23-9-8-17-29-22-23/h8-9,12-15,17,21-22,25H,2-7,10-11,16,18-20H2,1H3. The summed E-state index contributed by atoms with van der Waals surface area (Å²) in [5.41, 5.74) is 2.28. The van der Waals surface area contributed by atoms with Crippen molar-refractivity contribution in [3.8, 4) is 5.75 Å². The second-order valence-corrected chi connectivity index (χ2v) is 9.30. The first-order valence-corrected chi connectivity index (χ1v) is 12.6. The van der Waals surface area contributed by atoms with Crippen molar-refractivity contribution < 1.29 is 4.74 Å². The highest BCUT2D eigenvalue weighted by atomic mass is 16.5. The Labute approximate surface area is 197 Å². The van der Waals surface area contributed by atoms with E-state index in [0.717, 1.165) is 48.7 Å². The second-order valence-electron chi connectivity index (χ2n) is 9.30. The molecule has 2 heterocycles. The Morgan fingerprint density at radius 3 is 2.73 bits per heavy atom. The van der Waals surface area contributed by atoms with E-state index in [0.29, 0.717) is 0 Å². The fraction of sp³-hybridized carbons (Fsp3) is 0.500. The predicted octanol–water partition coefficient (Wildman–Crippen LogP) is 5.36. The van der Waals surface area contributed by atoms with Gasteiger partial charge in [0.25, 0.3) is 5.56 Å². The first-order chi connectivity index (χ1) is 16.2. The molecule has 5 nitrogen and oxygen atoms in total. The van der Waals surface area contributed by atoms with Gasteiger partial charge in [0.1, 0.15) is 5.75 Å². The normalized spacial score (nSPS) is 14.7. The minimum Gasteiger partial charge on any atom is -0.494 e. The lowest BCUT2D eigenvalue weighted by atomic mass is 9.93. The Bertz CT molecular complexity index is 1060. The van der Waals surface area contributed by atoms with Crippen molar-refractivity contribution in [3.05, 3.63) is 70.8 Å². The van der Waals surface area contributed by atoms with Crippen molar-refractivity contribution >= 4 is 10.9 Å². The number of hydrogen-bond donors (Lipinski definition) is 0. The molecule has 0 bridgehead atoms. The summed E-state index contributed by atoms with van der Waals surface area (Å²) in [6.45, 7) is 3.04. The third-order valence-corrected chi connectivity index (χ3v) is 6.96. The maximum absolute atomic E-state index is 11.8. The zero-order valence-electron chi connectivity index (χ0n) is 19.9. The van der Waals surface area contributed by atoms with Crippen LogP contribution in [0, 0.1) is 0 Å². The van der Waals surface area contributed by atoms with Crippen molar-refractivity contribution in [3.63, 3.8) is 0 Å². The third-order valence-electron chi connectivity index (χ3n) is 6.96. The van der Waals surface area contributed by atoms with E-state index in [-0.39, 0.29) is 5.56 Å². The minimum absolute atomic E-state index is 0.0128. The molecule has 1 aliphatic rings. The van der Waals surface area contributed by atoms with Crippen molar-refractivity contribution in [1.29, 1.82) is 0 Å². The number of rotatable bonds is 11. The molecule has 0 unspecified atom stereocenters. The topological polar surface area (TPSA) is 47.4 Å². The van der Waals surface area contributed by atoms with E-state index >= 15 is 0 Å². The van der Waals surface area contributed by atoms with Gasteiger partial charge in [-0.25, -0.2) is 0 Å². The van der Waals surface area contributed by atoms with Crippen LogP contribution in [0.25, 0.3) is 10.9 Å². The number of pyridine rings is 2. The second kappa shape index (κ2) is 12.0. The van der Waals surface area contributed by atoms with Gasteiger partial charge in [-0.15, -0.1) is 0 Å². The van der Waals surface area contributed by atoms with Crippen molar-refractivity contribution in [2.45, 2.75) is 63.8 Å². The zero-order valence-corrected chi connectivity index (χ0v) is 19.9. The number of fused-ring (bicyclic) bond motifs is 1. The van der Waals surface area contributed by atoms with E-state index in [1.165, 1.54) is 57.1 Å². The third kappa shape index (κ3) is 6.67. The van der Waals surface area contributed by atoms with Gasteiger partial charge in [0, 0.05) is 43.5 Å². The molecule has 0 N–H and O–H groups in total. The highest BCUT2D eigenvalue weighted by molar-refractivity contribution is 5.80. The van der Waals surface area contributed by atoms with E-state index in [4.69, 9.17) is 4.74 Å². The SMILES string of the molecule is Cn1c(=O)ccc2cc(OCCCCCN(CCc3cccnc3)C3CCCCC3)ccc21. The summed E-state index contributed by atoms with van der Waals surface area (Å²) in [6, 6.07) is 14.4. The molecular formula is C28H37N3O2. The maximum Gasteiger partial charge on any atom is 0.250 e. The number of hydrogen-bond acceptors (Lipinski definition) is 4. The van der Waals surface area contributed by atoms with Crippen LogP contribution in [-0.2, 0) is 13.5 Å². The molecule has 0 saturated heterocycles. The Balaban J connectivity index is 1.21. The van der Waals surface area contributed by atoms with Gasteiger partial charge in [-0.2, -0.15) is 0 Å². The fourth-order valence-electron chi connectivity index (χ4n) is 4.98. The van der Waals surface area contributed by atoms with E-state index < -0.39 is 0 Å². The summed E-state index contributed by atoms with van der Waals surface area (Å²) in [5.74, 6) is 0.876. The van der Waals surface area contributed by atoms with Gasteiger partial charge in [0.15, 0.2) is 0 Å². The van der Waals surface area contributed by atoms with Crippen LogP contribution in [0.2, 0.25) is 0 Å². The Morgan fingerprint density at radius 2 is 1.91 bits per heavy atom. The summed E-state index contributed by atoms with van der Waals surface area (Å²) < 4.78 is 7.68. The Morgan fingerprint density at radius 1 is 1.03 bits per heavy atom. The Hall–Kier alpha value is -2.66. The average Bonchev–Trinajstić information content (AvgIpc) is 2.86. The number of aryl methyl sites for hydroxylation is 1. The van der Waals surface area contributed by atoms with E-state index in [1.54, 1.807) is 17.7 Å². The molecule has 0 spiro atoms. The highest BCUT2D eigenvalue weighted by Gasteiger charge is 2.20. The van der Waals surface area contributed by atoms with Gasteiger partial charge in [-0.05, 0) is 81.0 Å². The van der Waals surface area contributed by atoms with Crippen molar-refractivity contribution in [2.24, 2.45) is 7.05 Å².